The first-order valence-corrected chi connectivity index (χ1v) is 6.56. The topological polar surface area (TPSA) is 79.9 Å². The average Bonchev–Trinajstić information content (AvgIpc) is 2.44. The van der Waals surface area contributed by atoms with Gasteiger partial charge in [-0.15, -0.1) is 0 Å². The lowest BCUT2D eigenvalue weighted by atomic mass is 10.3. The van der Waals surface area contributed by atoms with E-state index in [0.29, 0.717) is 52.4 Å². The van der Waals surface area contributed by atoms with Gasteiger partial charge in [0.2, 0.25) is 11.8 Å². The molecule has 7 heteroatoms. The number of nitrogens with one attached hydrogen (secondary N) is 2. The zero-order chi connectivity index (χ0) is 13.9. The summed E-state index contributed by atoms with van der Waals surface area (Å²) in [7, 11) is 1.59. The summed E-state index contributed by atoms with van der Waals surface area (Å²) in [5.74, 6) is 0.0199. The van der Waals surface area contributed by atoms with Gasteiger partial charge in [-0.05, 0) is 0 Å². The van der Waals surface area contributed by atoms with Gasteiger partial charge in [-0.25, -0.2) is 0 Å². The van der Waals surface area contributed by atoms with E-state index in [1.807, 2.05) is 0 Å². The molecule has 0 aromatic rings. The van der Waals surface area contributed by atoms with Gasteiger partial charge in [-0.3, -0.25) is 9.59 Å². The predicted octanol–water partition coefficient (Wildman–Crippen LogP) is -1.41. The van der Waals surface area contributed by atoms with Gasteiger partial charge < -0.3 is 25.0 Å². The second kappa shape index (κ2) is 9.71. The van der Waals surface area contributed by atoms with Crippen LogP contribution in [0.3, 0.4) is 0 Å². The zero-order valence-corrected chi connectivity index (χ0v) is 11.4. The van der Waals surface area contributed by atoms with Crippen LogP contribution in [-0.4, -0.2) is 76.4 Å². The van der Waals surface area contributed by atoms with E-state index >= 15 is 0 Å². The van der Waals surface area contributed by atoms with Crippen LogP contribution in [0.15, 0.2) is 0 Å². The summed E-state index contributed by atoms with van der Waals surface area (Å²) in [6.07, 6.45) is 0.361. The van der Waals surface area contributed by atoms with E-state index in [1.165, 1.54) is 0 Å². The van der Waals surface area contributed by atoms with Crippen LogP contribution in [0.5, 0.6) is 0 Å². The Labute approximate surface area is 113 Å². The Morgan fingerprint density at radius 2 is 2.00 bits per heavy atom. The highest BCUT2D eigenvalue weighted by Gasteiger charge is 2.15. The molecule has 0 saturated carbocycles. The Morgan fingerprint density at radius 1 is 1.26 bits per heavy atom. The maximum Gasteiger partial charge on any atom is 0.236 e. The van der Waals surface area contributed by atoms with Crippen LogP contribution in [0.4, 0.5) is 0 Å². The van der Waals surface area contributed by atoms with Crippen LogP contribution in [0, 0.1) is 0 Å². The van der Waals surface area contributed by atoms with Crippen molar-refractivity contribution in [2.24, 2.45) is 0 Å². The van der Waals surface area contributed by atoms with Gasteiger partial charge >= 0.3 is 0 Å². The van der Waals surface area contributed by atoms with Crippen LogP contribution < -0.4 is 10.6 Å². The van der Waals surface area contributed by atoms with Gasteiger partial charge in [0.15, 0.2) is 0 Å². The molecule has 0 unspecified atom stereocenters. The van der Waals surface area contributed by atoms with Crippen molar-refractivity contribution in [1.82, 2.24) is 15.5 Å². The molecule has 2 N–H and O–H groups in total. The van der Waals surface area contributed by atoms with Crippen molar-refractivity contribution in [2.75, 3.05) is 59.7 Å². The maximum atomic E-state index is 11.7. The van der Waals surface area contributed by atoms with Crippen molar-refractivity contribution in [2.45, 2.75) is 6.42 Å². The van der Waals surface area contributed by atoms with Crippen molar-refractivity contribution in [3.63, 3.8) is 0 Å². The summed E-state index contributed by atoms with van der Waals surface area (Å²) >= 11 is 0. The third-order valence-corrected chi connectivity index (χ3v) is 2.80. The number of amides is 2. The lowest BCUT2D eigenvalue weighted by Crippen LogP contribution is -2.45. The van der Waals surface area contributed by atoms with E-state index < -0.39 is 0 Å². The average molecular weight is 273 g/mol. The Hall–Kier alpha value is -1.18. The minimum atomic E-state index is -0.0385. The van der Waals surface area contributed by atoms with Gasteiger partial charge in [-0.1, -0.05) is 0 Å². The molecule has 0 atom stereocenters. The summed E-state index contributed by atoms with van der Waals surface area (Å²) in [6, 6.07) is 0. The lowest BCUT2D eigenvalue weighted by Gasteiger charge is -2.26. The molecule has 19 heavy (non-hydrogen) atoms. The largest absolute Gasteiger partial charge is 0.383 e. The van der Waals surface area contributed by atoms with Crippen molar-refractivity contribution >= 4 is 11.8 Å². The number of hydrogen-bond donors (Lipinski definition) is 2. The maximum absolute atomic E-state index is 11.7. The highest BCUT2D eigenvalue weighted by Crippen LogP contribution is 1.96. The zero-order valence-electron chi connectivity index (χ0n) is 11.4. The first-order chi connectivity index (χ1) is 9.24. The molecular weight excluding hydrogens is 250 g/mol. The second-order valence-electron chi connectivity index (χ2n) is 4.26. The van der Waals surface area contributed by atoms with E-state index in [4.69, 9.17) is 9.47 Å². The molecule has 1 saturated heterocycles. The van der Waals surface area contributed by atoms with Crippen molar-refractivity contribution in [1.29, 1.82) is 0 Å². The number of methoxy groups -OCH3 is 1. The first kappa shape index (κ1) is 15.9. The van der Waals surface area contributed by atoms with E-state index in [0.717, 1.165) is 0 Å². The van der Waals surface area contributed by atoms with Gasteiger partial charge in [0, 0.05) is 39.7 Å². The number of nitrogens with zero attached hydrogens (tertiary/aromatic N) is 1. The Balaban J connectivity index is 2.00. The quantitative estimate of drug-likeness (QED) is 0.531. The Morgan fingerprint density at radius 3 is 2.68 bits per heavy atom. The van der Waals surface area contributed by atoms with Gasteiger partial charge in [0.05, 0.1) is 26.4 Å². The molecule has 1 aliphatic rings. The molecule has 1 heterocycles. The van der Waals surface area contributed by atoms with E-state index in [2.05, 4.69) is 10.6 Å². The number of morpholine rings is 1. The van der Waals surface area contributed by atoms with Crippen LogP contribution in [-0.2, 0) is 19.1 Å². The summed E-state index contributed by atoms with van der Waals surface area (Å²) in [6.45, 7) is 4.30. The summed E-state index contributed by atoms with van der Waals surface area (Å²) < 4.78 is 10.0. The van der Waals surface area contributed by atoms with Crippen molar-refractivity contribution in [3.05, 3.63) is 0 Å². The molecule has 0 bridgehead atoms. The molecule has 0 aromatic heterocycles. The molecule has 7 nitrogen and oxygen atoms in total. The van der Waals surface area contributed by atoms with Gasteiger partial charge in [0.1, 0.15) is 0 Å². The SMILES string of the molecule is COCCNC(=O)CCNCC(=O)N1CCOCC1. The number of carbonyl (C=O) groups is 2. The monoisotopic (exact) mass is 273 g/mol. The van der Waals surface area contributed by atoms with E-state index in [-0.39, 0.29) is 18.4 Å². The normalized spacial score (nSPS) is 15.3. The summed E-state index contributed by atoms with van der Waals surface area (Å²) in [4.78, 5) is 24.9. The third kappa shape index (κ3) is 7.09. The van der Waals surface area contributed by atoms with Crippen LogP contribution in [0.2, 0.25) is 0 Å². The molecule has 0 aliphatic carbocycles. The molecule has 1 aliphatic heterocycles. The lowest BCUT2D eigenvalue weighted by molar-refractivity contribution is -0.134. The smallest absolute Gasteiger partial charge is 0.236 e. The van der Waals surface area contributed by atoms with Gasteiger partial charge in [-0.2, -0.15) is 0 Å². The number of rotatable bonds is 8. The standard InChI is InChI=1S/C12H23N3O4/c1-18-7-4-14-11(16)2-3-13-10-12(17)15-5-8-19-9-6-15/h13H,2-10H2,1H3,(H,14,16). The number of ether oxygens (including phenoxy) is 2. The highest BCUT2D eigenvalue weighted by atomic mass is 16.5. The summed E-state index contributed by atoms with van der Waals surface area (Å²) in [5, 5.41) is 5.70. The Bertz CT molecular complexity index is 280. The van der Waals surface area contributed by atoms with Crippen molar-refractivity contribution in [3.8, 4) is 0 Å². The van der Waals surface area contributed by atoms with Crippen LogP contribution >= 0.6 is 0 Å². The molecule has 1 fully saturated rings. The molecule has 0 aromatic carbocycles. The van der Waals surface area contributed by atoms with Crippen LogP contribution in [0.1, 0.15) is 6.42 Å². The molecule has 2 amide bonds. The fourth-order valence-electron chi connectivity index (χ4n) is 1.70. The van der Waals surface area contributed by atoms with Crippen molar-refractivity contribution < 1.29 is 19.1 Å². The fourth-order valence-corrected chi connectivity index (χ4v) is 1.70. The first-order valence-electron chi connectivity index (χ1n) is 6.56. The minimum Gasteiger partial charge on any atom is -0.383 e. The van der Waals surface area contributed by atoms with Gasteiger partial charge in [0.25, 0.3) is 0 Å². The Kier molecular flexibility index (Phi) is 8.11. The molecule has 0 radical (unpaired) electrons. The fraction of sp³-hybridized carbons (Fsp3) is 0.833. The molecule has 1 rings (SSSR count). The van der Waals surface area contributed by atoms with E-state index in [1.54, 1.807) is 12.0 Å². The minimum absolute atomic E-state index is 0.0385. The number of hydrogen-bond acceptors (Lipinski definition) is 5. The van der Waals surface area contributed by atoms with E-state index in [9.17, 15) is 9.59 Å². The highest BCUT2D eigenvalue weighted by molar-refractivity contribution is 5.78. The molecular formula is C12H23N3O4. The third-order valence-electron chi connectivity index (χ3n) is 2.80. The second-order valence-corrected chi connectivity index (χ2v) is 4.26. The number of carbonyl (C=O) groups excluding carboxylic acids is 2. The molecule has 110 valence electrons. The summed E-state index contributed by atoms with van der Waals surface area (Å²) in [5.41, 5.74) is 0. The molecule has 0 spiro atoms. The van der Waals surface area contributed by atoms with Crippen LogP contribution in [0.25, 0.3) is 0 Å². The predicted molar refractivity (Wildman–Crippen MR) is 69.8 cm³/mol.